The minimum absolute atomic E-state index is 0.0206. The molecule has 30 heavy (non-hydrogen) atoms. The Bertz CT molecular complexity index is 928. The topological polar surface area (TPSA) is 83.5 Å². The normalized spacial score (nSPS) is 22.1. The fraction of sp³-hybridized carbons (Fsp3) is 0.591. The maximum absolute atomic E-state index is 12.3. The Hall–Kier alpha value is -2.77. The number of anilines is 1. The maximum atomic E-state index is 12.3. The van der Waals surface area contributed by atoms with Crippen LogP contribution < -0.4 is 15.1 Å². The Morgan fingerprint density at radius 1 is 1.37 bits per heavy atom. The van der Waals surface area contributed by atoms with E-state index in [0.717, 1.165) is 23.4 Å². The van der Waals surface area contributed by atoms with E-state index in [2.05, 4.69) is 30.4 Å². The van der Waals surface area contributed by atoms with Crippen molar-refractivity contribution in [3.63, 3.8) is 0 Å². The first-order valence-corrected chi connectivity index (χ1v) is 10.4. The third-order valence-electron chi connectivity index (χ3n) is 5.79. The van der Waals surface area contributed by atoms with Crippen molar-refractivity contribution in [2.45, 2.75) is 59.6 Å². The van der Waals surface area contributed by atoms with Gasteiger partial charge in [0.25, 0.3) is 5.91 Å². The molecule has 3 heterocycles. The highest BCUT2D eigenvalue weighted by Gasteiger charge is 2.43. The Morgan fingerprint density at radius 3 is 2.73 bits per heavy atom. The quantitative estimate of drug-likeness (QED) is 0.805. The lowest BCUT2D eigenvalue weighted by Gasteiger charge is -2.48. The van der Waals surface area contributed by atoms with Gasteiger partial charge in [-0.05, 0) is 64.3 Å². The first-order chi connectivity index (χ1) is 14.0. The molecule has 1 unspecified atom stereocenters. The summed E-state index contributed by atoms with van der Waals surface area (Å²) in [6.07, 6.45) is 0.566. The largest absolute Gasteiger partial charge is 0.483 e. The van der Waals surface area contributed by atoms with Crippen LogP contribution in [0.15, 0.2) is 17.2 Å². The highest BCUT2D eigenvalue weighted by atomic mass is 16.6. The molecule has 0 radical (unpaired) electrons. The van der Waals surface area contributed by atoms with Gasteiger partial charge in [0.2, 0.25) is 0 Å². The molecule has 0 aromatic heterocycles. The van der Waals surface area contributed by atoms with Gasteiger partial charge in [-0.15, -0.1) is 0 Å². The Morgan fingerprint density at radius 2 is 2.07 bits per heavy atom. The van der Waals surface area contributed by atoms with E-state index in [1.54, 1.807) is 4.90 Å². The van der Waals surface area contributed by atoms with Crippen molar-refractivity contribution in [3.8, 4) is 5.75 Å². The van der Waals surface area contributed by atoms with Crippen LogP contribution in [0.3, 0.4) is 0 Å². The molecular formula is C22H30N4O4. The zero-order valence-electron chi connectivity index (χ0n) is 18.5. The Balaban J connectivity index is 1.53. The van der Waals surface area contributed by atoms with E-state index in [0.29, 0.717) is 25.5 Å². The van der Waals surface area contributed by atoms with E-state index in [1.165, 1.54) is 5.56 Å². The molecule has 0 aliphatic carbocycles. The summed E-state index contributed by atoms with van der Waals surface area (Å²) in [4.78, 5) is 28.1. The second kappa shape index (κ2) is 6.89. The van der Waals surface area contributed by atoms with E-state index >= 15 is 0 Å². The zero-order chi connectivity index (χ0) is 21.8. The third kappa shape index (κ3) is 3.70. The maximum Gasteiger partial charge on any atom is 0.410 e. The van der Waals surface area contributed by atoms with Gasteiger partial charge in [0.05, 0.1) is 5.69 Å². The number of rotatable bonds is 2. The number of aryl methyl sites for hydroxylation is 1. The molecule has 1 fully saturated rings. The Labute approximate surface area is 177 Å². The first kappa shape index (κ1) is 20.5. The van der Waals surface area contributed by atoms with Crippen molar-refractivity contribution in [2.75, 3.05) is 24.6 Å². The van der Waals surface area contributed by atoms with Crippen molar-refractivity contribution in [2.24, 2.45) is 10.5 Å². The lowest BCUT2D eigenvalue weighted by atomic mass is 9.76. The van der Waals surface area contributed by atoms with Gasteiger partial charge in [0, 0.05) is 18.5 Å². The number of amides is 2. The molecule has 3 aliphatic heterocycles. The number of nitrogens with zero attached hydrogens (tertiary/aromatic N) is 3. The molecule has 3 aliphatic rings. The predicted octanol–water partition coefficient (Wildman–Crippen LogP) is 2.83. The number of carbonyl (C=O) groups is 2. The molecule has 8 nitrogen and oxygen atoms in total. The van der Waals surface area contributed by atoms with Crippen LogP contribution in [-0.4, -0.2) is 54.1 Å². The van der Waals surface area contributed by atoms with Crippen LogP contribution in [0.5, 0.6) is 5.75 Å². The molecule has 4 rings (SSSR count). The highest BCUT2D eigenvalue weighted by Crippen LogP contribution is 2.41. The van der Waals surface area contributed by atoms with Crippen LogP contribution in [0.1, 0.15) is 45.7 Å². The number of nitrogens with one attached hydrogen (secondary N) is 1. The number of fused-ring (bicyclic) bond motifs is 3. The summed E-state index contributed by atoms with van der Waals surface area (Å²) in [5.41, 5.74) is 5.23. The molecular weight excluding hydrogens is 384 g/mol. The lowest BCUT2D eigenvalue weighted by Crippen LogP contribution is -2.58. The van der Waals surface area contributed by atoms with Gasteiger partial charge < -0.3 is 19.3 Å². The zero-order valence-corrected chi connectivity index (χ0v) is 18.5. The summed E-state index contributed by atoms with van der Waals surface area (Å²) in [5.74, 6) is 1.34. The van der Waals surface area contributed by atoms with Gasteiger partial charge in [0.15, 0.2) is 5.84 Å². The summed E-state index contributed by atoms with van der Waals surface area (Å²) in [6.45, 7) is 13.4. The van der Waals surface area contributed by atoms with Crippen molar-refractivity contribution in [1.29, 1.82) is 0 Å². The molecule has 1 saturated heterocycles. The van der Waals surface area contributed by atoms with Gasteiger partial charge in [0.1, 0.15) is 24.0 Å². The molecule has 1 N–H and O–H groups in total. The van der Waals surface area contributed by atoms with Gasteiger partial charge in [-0.3, -0.25) is 4.79 Å². The molecule has 162 valence electrons. The second-order valence-corrected chi connectivity index (χ2v) is 9.91. The summed E-state index contributed by atoms with van der Waals surface area (Å²) in [7, 11) is 0. The van der Waals surface area contributed by atoms with Crippen LogP contribution >= 0.6 is 0 Å². The van der Waals surface area contributed by atoms with Crippen molar-refractivity contribution >= 4 is 23.5 Å². The van der Waals surface area contributed by atoms with Crippen LogP contribution in [0, 0.1) is 12.3 Å². The van der Waals surface area contributed by atoms with E-state index in [9.17, 15) is 9.59 Å². The SMILES string of the molecule is Cc1cc2c(cc1CC1(C)CN(C(=O)OC(C)(C)C)C1)N1C(=NNC(=O)C1C)CO2. The fourth-order valence-corrected chi connectivity index (χ4v) is 4.31. The number of hydrogen-bond donors (Lipinski definition) is 1. The van der Waals surface area contributed by atoms with Crippen molar-refractivity contribution < 1.29 is 19.1 Å². The summed E-state index contributed by atoms with van der Waals surface area (Å²) < 4.78 is 11.4. The highest BCUT2D eigenvalue weighted by molar-refractivity contribution is 6.09. The average molecular weight is 415 g/mol. The molecule has 1 aromatic rings. The number of hydrazone groups is 1. The standard InChI is InChI=1S/C22H30N4O4/c1-13-7-17-16(26-14(2)19(27)24-23-18(26)10-29-17)8-15(13)9-22(6)11-25(12-22)20(28)30-21(3,4)5/h7-8,14H,9-12H2,1-6H3,(H,24,27). The van der Waals surface area contributed by atoms with Gasteiger partial charge in [-0.1, -0.05) is 6.92 Å². The summed E-state index contributed by atoms with van der Waals surface area (Å²) in [6, 6.07) is 3.79. The average Bonchev–Trinajstić information content (AvgIpc) is 2.61. The number of hydrogen-bond acceptors (Lipinski definition) is 6. The van der Waals surface area contributed by atoms with E-state index < -0.39 is 5.60 Å². The third-order valence-corrected chi connectivity index (χ3v) is 5.79. The minimum atomic E-state index is -0.491. The smallest absolute Gasteiger partial charge is 0.410 e. The molecule has 0 saturated carbocycles. The van der Waals surface area contributed by atoms with Crippen LogP contribution in [-0.2, 0) is 16.0 Å². The monoisotopic (exact) mass is 414 g/mol. The van der Waals surface area contributed by atoms with Gasteiger partial charge in [-0.25, -0.2) is 10.2 Å². The Kier molecular flexibility index (Phi) is 4.71. The first-order valence-electron chi connectivity index (χ1n) is 10.4. The molecule has 0 spiro atoms. The second-order valence-electron chi connectivity index (χ2n) is 9.91. The number of ether oxygens (including phenoxy) is 2. The van der Waals surface area contributed by atoms with Crippen LogP contribution in [0.25, 0.3) is 0 Å². The van der Waals surface area contributed by atoms with Crippen molar-refractivity contribution in [3.05, 3.63) is 23.3 Å². The molecule has 8 heteroatoms. The van der Waals surface area contributed by atoms with Crippen LogP contribution in [0.4, 0.5) is 10.5 Å². The van der Waals surface area contributed by atoms with E-state index in [4.69, 9.17) is 9.47 Å². The summed E-state index contributed by atoms with van der Waals surface area (Å²) in [5, 5.41) is 4.15. The predicted molar refractivity (Wildman–Crippen MR) is 114 cm³/mol. The molecule has 0 bridgehead atoms. The fourth-order valence-electron chi connectivity index (χ4n) is 4.31. The minimum Gasteiger partial charge on any atom is -0.483 e. The molecule has 1 atom stereocenters. The van der Waals surface area contributed by atoms with E-state index in [1.807, 2.05) is 38.7 Å². The molecule has 1 aromatic carbocycles. The number of amidine groups is 1. The molecule has 2 amide bonds. The van der Waals surface area contributed by atoms with Crippen molar-refractivity contribution in [1.82, 2.24) is 10.3 Å². The van der Waals surface area contributed by atoms with Gasteiger partial charge >= 0.3 is 6.09 Å². The number of likely N-dealkylation sites (tertiary alicyclic amines) is 1. The van der Waals surface area contributed by atoms with Gasteiger partial charge in [-0.2, -0.15) is 5.10 Å². The van der Waals surface area contributed by atoms with Crippen LogP contribution in [0.2, 0.25) is 0 Å². The number of carbonyl (C=O) groups excluding carboxylic acids is 2. The van der Waals surface area contributed by atoms with E-state index in [-0.39, 0.29) is 23.5 Å². The lowest BCUT2D eigenvalue weighted by molar-refractivity contribution is -0.122. The number of benzene rings is 1. The summed E-state index contributed by atoms with van der Waals surface area (Å²) >= 11 is 0.